The number of ether oxygens (including phenoxy) is 1. The topological polar surface area (TPSA) is 156 Å². The van der Waals surface area contributed by atoms with Gasteiger partial charge >= 0.3 is 12.3 Å². The van der Waals surface area contributed by atoms with Gasteiger partial charge in [0.05, 0.1) is 30.7 Å². The molecule has 0 aliphatic rings. The maximum absolute atomic E-state index is 15.1. The Labute approximate surface area is 293 Å². The number of hydrogen-bond acceptors (Lipinski definition) is 9. The fourth-order valence-electron chi connectivity index (χ4n) is 5.63. The maximum Gasteiger partial charge on any atom is 0.417 e. The SMILES string of the molecule is COC(=O)N(C(=O)[C@@H](N)C(c1ccccc1)c1ccccc1)[C@@H](c1ccc([C@@H](CO)N(CC(C)C)S(=O)(=O)c2ccc(N)cc2)s1)C(F)(F)F. The van der Waals surface area contributed by atoms with Crippen LogP contribution in [0.3, 0.4) is 0 Å². The highest BCUT2D eigenvalue weighted by atomic mass is 32.2. The van der Waals surface area contributed by atoms with Crippen LogP contribution in [0.15, 0.2) is 102 Å². The molecule has 0 aliphatic carbocycles. The molecule has 0 unspecified atom stereocenters. The molecule has 0 bridgehead atoms. The number of aliphatic hydroxyl groups is 1. The summed E-state index contributed by atoms with van der Waals surface area (Å²) in [6.07, 6.45) is -6.81. The number of sulfonamides is 1. The second-order valence-corrected chi connectivity index (χ2v) is 15.0. The molecule has 2 amide bonds. The zero-order valence-electron chi connectivity index (χ0n) is 27.5. The summed E-state index contributed by atoms with van der Waals surface area (Å²) >= 11 is 0.508. The lowest BCUT2D eigenvalue weighted by Gasteiger charge is -2.34. The van der Waals surface area contributed by atoms with Crippen molar-refractivity contribution in [2.45, 2.75) is 49.0 Å². The quantitative estimate of drug-likeness (QED) is 0.140. The third-order valence-corrected chi connectivity index (χ3v) is 11.1. The third-order valence-electron chi connectivity index (χ3n) is 7.94. The number of carbonyl (C=O) groups is 2. The number of carbonyl (C=O) groups excluding carboxylic acids is 2. The van der Waals surface area contributed by atoms with E-state index in [1.54, 1.807) is 74.5 Å². The standard InChI is InChI=1S/C35H39F3N4O6S2/c1-22(2)20-41(50(46,47)26-16-14-25(39)15-17-26)27(21-43)28-18-19-29(49-28)32(35(36,37)38)42(34(45)48-3)33(44)31(40)30(23-10-6-4-7-11-23)24-12-8-5-9-13-24/h4-19,22,27,30-32,43H,20-21,39-40H2,1-3H3/t27-,31+,32+/m1/s1. The monoisotopic (exact) mass is 732 g/mol. The van der Waals surface area contributed by atoms with Crippen LogP contribution in [0.25, 0.3) is 0 Å². The Morgan fingerprint density at radius 1 is 0.880 bits per heavy atom. The van der Waals surface area contributed by atoms with Gasteiger partial charge in [-0.25, -0.2) is 18.1 Å². The van der Waals surface area contributed by atoms with E-state index in [0.29, 0.717) is 28.2 Å². The molecule has 0 fully saturated rings. The summed E-state index contributed by atoms with van der Waals surface area (Å²) in [5.74, 6) is -2.53. The molecule has 0 saturated heterocycles. The van der Waals surface area contributed by atoms with Crippen LogP contribution in [0.4, 0.5) is 23.7 Å². The van der Waals surface area contributed by atoms with Gasteiger partial charge in [-0.3, -0.25) is 4.79 Å². The van der Waals surface area contributed by atoms with Gasteiger partial charge in [0.15, 0.2) is 6.04 Å². The molecule has 268 valence electrons. The smallest absolute Gasteiger partial charge is 0.417 e. The van der Waals surface area contributed by atoms with Crippen LogP contribution >= 0.6 is 11.3 Å². The fourth-order valence-corrected chi connectivity index (χ4v) is 8.69. The van der Waals surface area contributed by atoms with Gasteiger partial charge in [0.2, 0.25) is 10.0 Å². The number of hydrogen-bond donors (Lipinski definition) is 3. The van der Waals surface area contributed by atoms with Crippen molar-refractivity contribution >= 4 is 39.0 Å². The van der Waals surface area contributed by atoms with Crippen molar-refractivity contribution < 1.29 is 41.0 Å². The Kier molecular flexibility index (Phi) is 12.5. The number of thiophene rings is 1. The van der Waals surface area contributed by atoms with E-state index in [2.05, 4.69) is 0 Å². The minimum Gasteiger partial charge on any atom is -0.452 e. The number of nitrogens with two attached hydrogens (primary N) is 2. The number of benzene rings is 3. The highest BCUT2D eigenvalue weighted by Gasteiger charge is 2.52. The summed E-state index contributed by atoms with van der Waals surface area (Å²) in [6, 6.07) is 18.8. The highest BCUT2D eigenvalue weighted by Crippen LogP contribution is 2.44. The number of rotatable bonds is 13. The van der Waals surface area contributed by atoms with E-state index in [1.165, 1.54) is 30.3 Å². The van der Waals surface area contributed by atoms with Crippen LogP contribution in [-0.2, 0) is 19.6 Å². The van der Waals surface area contributed by atoms with E-state index in [4.69, 9.17) is 16.2 Å². The Balaban J connectivity index is 1.80. The highest BCUT2D eigenvalue weighted by molar-refractivity contribution is 7.89. The number of methoxy groups -OCH3 is 1. The number of aliphatic hydroxyl groups excluding tert-OH is 1. The van der Waals surface area contributed by atoms with E-state index in [-0.39, 0.29) is 27.1 Å². The largest absolute Gasteiger partial charge is 0.452 e. The number of nitrogen functional groups attached to an aromatic ring is 1. The summed E-state index contributed by atoms with van der Waals surface area (Å²) in [4.78, 5) is 26.6. The Hall–Kier alpha value is -4.28. The zero-order valence-corrected chi connectivity index (χ0v) is 29.2. The fraction of sp³-hybridized carbons (Fsp3) is 0.314. The van der Waals surface area contributed by atoms with E-state index in [1.807, 2.05) is 0 Å². The van der Waals surface area contributed by atoms with Crippen LogP contribution in [0.2, 0.25) is 0 Å². The van der Waals surface area contributed by atoms with Gasteiger partial charge in [-0.05, 0) is 53.4 Å². The molecule has 1 heterocycles. The normalized spacial score (nSPS) is 14.1. The van der Waals surface area contributed by atoms with Crippen molar-refractivity contribution in [3.05, 3.63) is 118 Å². The first-order valence-corrected chi connectivity index (χ1v) is 17.8. The minimum absolute atomic E-state index is 0.0376. The van der Waals surface area contributed by atoms with Crippen LogP contribution in [-0.4, -0.2) is 67.2 Å². The lowest BCUT2D eigenvalue weighted by atomic mass is 9.84. The van der Waals surface area contributed by atoms with Crippen molar-refractivity contribution in [2.24, 2.45) is 11.7 Å². The molecule has 4 aromatic rings. The van der Waals surface area contributed by atoms with E-state index in [0.717, 1.165) is 17.5 Å². The molecule has 3 atom stereocenters. The molecule has 10 nitrogen and oxygen atoms in total. The molecule has 0 radical (unpaired) electrons. The summed E-state index contributed by atoms with van der Waals surface area (Å²) in [5, 5.41) is 10.5. The molecule has 0 aliphatic heterocycles. The van der Waals surface area contributed by atoms with Crippen molar-refractivity contribution in [1.29, 1.82) is 0 Å². The van der Waals surface area contributed by atoms with Gasteiger partial charge in [-0.1, -0.05) is 74.5 Å². The maximum atomic E-state index is 15.1. The van der Waals surface area contributed by atoms with Gasteiger partial charge < -0.3 is 21.3 Å². The molecule has 1 aromatic heterocycles. The number of imide groups is 1. The van der Waals surface area contributed by atoms with Crippen molar-refractivity contribution in [3.63, 3.8) is 0 Å². The van der Waals surface area contributed by atoms with Gasteiger partial charge in [0, 0.05) is 27.9 Å². The lowest BCUT2D eigenvalue weighted by molar-refractivity contribution is -0.186. The van der Waals surface area contributed by atoms with E-state index >= 15 is 13.2 Å². The molecule has 5 N–H and O–H groups in total. The molecule has 50 heavy (non-hydrogen) atoms. The van der Waals surface area contributed by atoms with Crippen LogP contribution in [0.1, 0.15) is 52.7 Å². The van der Waals surface area contributed by atoms with E-state index in [9.17, 15) is 23.1 Å². The van der Waals surface area contributed by atoms with E-state index < -0.39 is 63.7 Å². The number of alkyl halides is 3. The van der Waals surface area contributed by atoms with Gasteiger partial charge in [-0.15, -0.1) is 11.3 Å². The third kappa shape index (κ3) is 8.53. The minimum atomic E-state index is -5.22. The predicted molar refractivity (Wildman–Crippen MR) is 184 cm³/mol. The lowest BCUT2D eigenvalue weighted by Crippen LogP contribution is -2.53. The molecular formula is C35H39F3N4O6S2. The molecule has 0 spiro atoms. The van der Waals surface area contributed by atoms with Crippen molar-refractivity contribution in [1.82, 2.24) is 9.21 Å². The molecule has 4 rings (SSSR count). The van der Waals surface area contributed by atoms with Gasteiger partial charge in [0.1, 0.15) is 0 Å². The van der Waals surface area contributed by atoms with Crippen LogP contribution in [0, 0.1) is 5.92 Å². The molecule has 0 saturated carbocycles. The second-order valence-electron chi connectivity index (χ2n) is 11.9. The number of anilines is 1. The molecule has 3 aromatic carbocycles. The second kappa shape index (κ2) is 16.2. The molecule has 15 heteroatoms. The predicted octanol–water partition coefficient (Wildman–Crippen LogP) is 6.07. The summed E-state index contributed by atoms with van der Waals surface area (Å²) < 4.78 is 78.6. The first-order valence-electron chi connectivity index (χ1n) is 15.5. The molecular weight excluding hydrogens is 694 g/mol. The number of amides is 2. The Morgan fingerprint density at radius 2 is 1.40 bits per heavy atom. The zero-order chi connectivity index (χ0) is 36.8. The van der Waals surface area contributed by atoms with Crippen molar-refractivity contribution in [2.75, 3.05) is 26.0 Å². The van der Waals surface area contributed by atoms with Gasteiger partial charge in [0.25, 0.3) is 5.91 Å². The Morgan fingerprint density at radius 3 is 1.86 bits per heavy atom. The average Bonchev–Trinajstić information content (AvgIpc) is 3.55. The first-order chi connectivity index (χ1) is 23.6. The van der Waals surface area contributed by atoms with Gasteiger partial charge in [-0.2, -0.15) is 17.5 Å². The summed E-state index contributed by atoms with van der Waals surface area (Å²) in [6.45, 7) is 2.63. The number of nitrogens with zero attached hydrogens (tertiary/aromatic N) is 2. The summed E-state index contributed by atoms with van der Waals surface area (Å²) in [5.41, 5.74) is 13.6. The van der Waals surface area contributed by atoms with Crippen LogP contribution < -0.4 is 11.5 Å². The van der Waals surface area contributed by atoms with Crippen LogP contribution in [0.5, 0.6) is 0 Å². The van der Waals surface area contributed by atoms with Crippen molar-refractivity contribution in [3.8, 4) is 0 Å². The summed E-state index contributed by atoms with van der Waals surface area (Å²) in [7, 11) is -3.44. The number of halogens is 3. The first kappa shape index (κ1) is 38.5. The Bertz CT molecular complexity index is 1800. The average molecular weight is 733 g/mol.